The molecule has 0 bridgehead atoms. The third-order valence-electron chi connectivity index (χ3n) is 8.42. The molecule has 7 rings (SSSR count). The quantitative estimate of drug-likeness (QED) is 0.0936. The van der Waals surface area contributed by atoms with Crippen LogP contribution in [0.4, 0.5) is 75.2 Å². The van der Waals surface area contributed by atoms with Crippen LogP contribution in [0.5, 0.6) is 0 Å². The zero-order chi connectivity index (χ0) is 38.3. The van der Waals surface area contributed by atoms with E-state index in [-0.39, 0.29) is 12.4 Å². The SMILES string of the molecule is CN(C)c1nc(Nc2ccc(Nc3ccc(N=Nc4n(C)cc[n+]4C)cc3)cc2)nc(Nc2ccc(Nc3ccc(N=Nc4n(C)cc[n+]4C)cc3)cc2)n1.[Cl-]. The molecule has 0 radical (unpaired) electrons. The van der Waals surface area contributed by atoms with Gasteiger partial charge in [-0.2, -0.15) is 15.0 Å². The van der Waals surface area contributed by atoms with Crippen LogP contribution in [-0.2, 0) is 28.2 Å². The van der Waals surface area contributed by atoms with E-state index in [2.05, 4.69) is 56.7 Å². The monoisotopic (exact) mass is 769 g/mol. The summed E-state index contributed by atoms with van der Waals surface area (Å²) in [6, 6.07) is 31.4. The van der Waals surface area contributed by atoms with Crippen LogP contribution in [0.25, 0.3) is 0 Å². The molecule has 4 N–H and O–H groups in total. The number of benzene rings is 4. The predicted molar refractivity (Wildman–Crippen MR) is 215 cm³/mol. The minimum atomic E-state index is 0. The van der Waals surface area contributed by atoms with E-state index < -0.39 is 0 Å². The van der Waals surface area contributed by atoms with Crippen molar-refractivity contribution >= 4 is 75.2 Å². The molecule has 3 aromatic heterocycles. The number of hydrogen-bond acceptors (Lipinski definition) is 12. The second kappa shape index (κ2) is 17.3. The summed E-state index contributed by atoms with van der Waals surface area (Å²) in [5, 5.41) is 30.9. The van der Waals surface area contributed by atoms with Crippen molar-refractivity contribution in [2.75, 3.05) is 40.3 Å². The van der Waals surface area contributed by atoms with Crippen LogP contribution in [0.15, 0.2) is 142 Å². The maximum absolute atomic E-state index is 4.64. The van der Waals surface area contributed by atoms with E-state index in [1.165, 1.54) is 0 Å². The fourth-order valence-electron chi connectivity index (χ4n) is 5.42. The molecule has 0 fully saturated rings. The maximum Gasteiger partial charge on any atom is 0.421 e. The Balaban J connectivity index is 0.00000532. The number of nitrogens with zero attached hydrogens (tertiary/aromatic N) is 12. The highest BCUT2D eigenvalue weighted by Gasteiger charge is 2.13. The van der Waals surface area contributed by atoms with Gasteiger partial charge in [-0.1, -0.05) is 10.2 Å². The average Bonchev–Trinajstić information content (AvgIpc) is 3.69. The summed E-state index contributed by atoms with van der Waals surface area (Å²) in [5.74, 6) is 2.85. The Morgan fingerprint density at radius 2 is 0.804 bits per heavy atom. The van der Waals surface area contributed by atoms with E-state index in [0.717, 1.165) is 57.4 Å². The number of imidazole rings is 2. The topological polar surface area (TPSA) is 157 Å². The summed E-state index contributed by atoms with van der Waals surface area (Å²) in [6.07, 6.45) is 7.75. The van der Waals surface area contributed by atoms with Crippen molar-refractivity contribution in [3.05, 3.63) is 122 Å². The summed E-state index contributed by atoms with van der Waals surface area (Å²) < 4.78 is 7.66. The van der Waals surface area contributed by atoms with Gasteiger partial charge in [-0.25, -0.2) is 18.3 Å². The first kappa shape index (κ1) is 38.5. The summed E-state index contributed by atoms with van der Waals surface area (Å²) in [6.45, 7) is 0. The van der Waals surface area contributed by atoms with E-state index in [0.29, 0.717) is 17.8 Å². The first-order valence-electron chi connectivity index (χ1n) is 17.4. The van der Waals surface area contributed by atoms with Crippen molar-refractivity contribution in [1.29, 1.82) is 0 Å². The summed E-state index contributed by atoms with van der Waals surface area (Å²) in [4.78, 5) is 15.7. The molecule has 0 aliphatic carbocycles. The van der Waals surface area contributed by atoms with Crippen LogP contribution in [0.1, 0.15) is 0 Å². The van der Waals surface area contributed by atoms with Crippen molar-refractivity contribution in [3.63, 3.8) is 0 Å². The lowest BCUT2D eigenvalue weighted by Gasteiger charge is -2.15. The number of aryl methyl sites for hydroxylation is 4. The van der Waals surface area contributed by atoms with Gasteiger partial charge in [0, 0.05) is 58.4 Å². The molecule has 7 aromatic rings. The molecule has 0 saturated heterocycles. The molecule has 0 amide bonds. The Morgan fingerprint density at radius 1 is 0.482 bits per heavy atom. The fraction of sp³-hybridized carbons (Fsp3) is 0.154. The molecule has 0 atom stereocenters. The number of aromatic nitrogens is 7. The van der Waals surface area contributed by atoms with Crippen LogP contribution in [0.3, 0.4) is 0 Å². The number of hydrogen-bond donors (Lipinski definition) is 4. The van der Waals surface area contributed by atoms with Crippen molar-refractivity contribution in [1.82, 2.24) is 24.1 Å². The van der Waals surface area contributed by atoms with E-state index in [1.807, 2.05) is 187 Å². The standard InChI is InChI=1S/C39H40N16.ClH/c1-51(2)37-45-35(42-31-11-7-27(8-12-31)40-29-15-19-33(20-16-29)47-49-38-52(3)23-24-53(38)4)44-36(46-37)43-32-13-9-28(10-14-32)41-30-17-21-34(22-18-30)48-50-39-54(5)25-26-55(39)6;/h7-26H,1-6H3,(H2,42,43,44,45,46,47,48);1H/p+1. The second-order valence-electron chi connectivity index (χ2n) is 13.0. The van der Waals surface area contributed by atoms with Gasteiger partial charge >= 0.3 is 11.9 Å². The van der Waals surface area contributed by atoms with Gasteiger partial charge in [-0.05, 0) is 97.1 Å². The van der Waals surface area contributed by atoms with Crippen molar-refractivity contribution in [3.8, 4) is 0 Å². The molecule has 0 aliphatic heterocycles. The number of azo groups is 2. The van der Waals surface area contributed by atoms with Crippen LogP contribution < -0.4 is 47.7 Å². The normalized spacial score (nSPS) is 11.1. The van der Waals surface area contributed by atoms with Crippen LogP contribution in [-0.4, -0.2) is 38.2 Å². The molecule has 56 heavy (non-hydrogen) atoms. The van der Waals surface area contributed by atoms with Crippen molar-refractivity contribution < 1.29 is 21.5 Å². The summed E-state index contributed by atoms with van der Waals surface area (Å²) in [5.41, 5.74) is 6.90. The van der Waals surface area contributed by atoms with Gasteiger partial charge in [0.15, 0.2) is 0 Å². The molecular weight excluding hydrogens is 728 g/mol. The molecule has 3 heterocycles. The minimum absolute atomic E-state index is 0. The van der Waals surface area contributed by atoms with Crippen LogP contribution in [0, 0.1) is 0 Å². The van der Waals surface area contributed by atoms with Gasteiger partial charge in [0.25, 0.3) is 0 Å². The molecule has 4 aromatic carbocycles. The van der Waals surface area contributed by atoms with Gasteiger partial charge < -0.3 is 38.6 Å². The van der Waals surface area contributed by atoms with E-state index >= 15 is 0 Å². The van der Waals surface area contributed by atoms with E-state index in [9.17, 15) is 0 Å². The van der Waals surface area contributed by atoms with Gasteiger partial charge in [0.05, 0.1) is 53.0 Å². The number of nitrogens with one attached hydrogen (secondary N) is 4. The largest absolute Gasteiger partial charge is 1.00 e. The molecule has 17 heteroatoms. The Hall–Kier alpha value is -7.20. The first-order valence-corrected chi connectivity index (χ1v) is 17.4. The minimum Gasteiger partial charge on any atom is -1.00 e. The van der Waals surface area contributed by atoms with Gasteiger partial charge in [-0.3, -0.25) is 0 Å². The van der Waals surface area contributed by atoms with Gasteiger partial charge in [-0.15, -0.1) is 0 Å². The number of rotatable bonds is 13. The predicted octanol–water partition coefficient (Wildman–Crippen LogP) is 5.07. The lowest BCUT2D eigenvalue weighted by atomic mass is 10.2. The number of halogens is 1. The molecule has 284 valence electrons. The van der Waals surface area contributed by atoms with Crippen molar-refractivity contribution in [2.24, 2.45) is 48.6 Å². The zero-order valence-electron chi connectivity index (χ0n) is 31.8. The second-order valence-corrected chi connectivity index (χ2v) is 13.0. The van der Waals surface area contributed by atoms with Crippen LogP contribution in [0.2, 0.25) is 0 Å². The van der Waals surface area contributed by atoms with Crippen LogP contribution >= 0.6 is 0 Å². The molecule has 0 spiro atoms. The Kier molecular flexibility index (Phi) is 11.9. The fourth-order valence-corrected chi connectivity index (χ4v) is 5.42. The van der Waals surface area contributed by atoms with E-state index in [1.54, 1.807) is 0 Å². The molecule has 0 aliphatic rings. The lowest BCUT2D eigenvalue weighted by Crippen LogP contribution is -3.00. The highest BCUT2D eigenvalue weighted by Crippen LogP contribution is 2.26. The third kappa shape index (κ3) is 9.66. The Morgan fingerprint density at radius 3 is 1.11 bits per heavy atom. The maximum atomic E-state index is 4.64. The molecule has 0 unspecified atom stereocenters. The van der Waals surface area contributed by atoms with Crippen molar-refractivity contribution in [2.45, 2.75) is 0 Å². The molecule has 0 saturated carbocycles. The average molecular weight is 770 g/mol. The van der Waals surface area contributed by atoms with E-state index in [4.69, 9.17) is 0 Å². The summed E-state index contributed by atoms with van der Waals surface area (Å²) >= 11 is 0. The smallest absolute Gasteiger partial charge is 0.421 e. The highest BCUT2D eigenvalue weighted by atomic mass is 35.5. The summed E-state index contributed by atoms with van der Waals surface area (Å²) in [7, 11) is 11.5. The van der Waals surface area contributed by atoms with Gasteiger partial charge in [0.1, 0.15) is 11.4 Å². The number of anilines is 9. The zero-order valence-corrected chi connectivity index (χ0v) is 32.5. The highest BCUT2D eigenvalue weighted by molar-refractivity contribution is 5.68. The third-order valence-corrected chi connectivity index (χ3v) is 8.42. The van der Waals surface area contributed by atoms with Gasteiger partial charge in [0.2, 0.25) is 17.8 Å². The Labute approximate surface area is 330 Å². The Bertz CT molecular complexity index is 2230. The first-order chi connectivity index (χ1) is 26.6. The lowest BCUT2D eigenvalue weighted by molar-refractivity contribution is -0.657. The molecular formula is C39H42ClN16+. The molecule has 16 nitrogen and oxygen atoms in total.